The molecule has 5 rings (SSSR count). The summed E-state index contributed by atoms with van der Waals surface area (Å²) in [5.41, 5.74) is 3.05. The molecule has 0 bridgehead atoms. The lowest BCUT2D eigenvalue weighted by Gasteiger charge is -2.38. The van der Waals surface area contributed by atoms with Gasteiger partial charge in [-0.2, -0.15) is 5.10 Å². The molecule has 0 saturated heterocycles. The van der Waals surface area contributed by atoms with E-state index in [1.165, 1.54) is 12.1 Å². The van der Waals surface area contributed by atoms with Gasteiger partial charge in [0.25, 0.3) is 0 Å². The van der Waals surface area contributed by atoms with Gasteiger partial charge in [-0.1, -0.05) is 36.4 Å². The Labute approximate surface area is 167 Å². The number of hydrogen-bond acceptors (Lipinski definition) is 5. The van der Waals surface area contributed by atoms with Gasteiger partial charge in [-0.05, 0) is 30.3 Å². The first-order valence-corrected chi connectivity index (χ1v) is 9.39. The number of phenolic OH excluding ortho intramolecular Hbond substituents is 1. The summed E-state index contributed by atoms with van der Waals surface area (Å²) < 4.78 is 25.7. The fourth-order valence-corrected chi connectivity index (χ4v) is 4.01. The summed E-state index contributed by atoms with van der Waals surface area (Å²) in [7, 11) is 1.60. The number of aromatic hydroxyl groups is 1. The second kappa shape index (κ2) is 6.81. The predicted octanol–water partition coefficient (Wildman–Crippen LogP) is 4.78. The van der Waals surface area contributed by atoms with Gasteiger partial charge in [-0.3, -0.25) is 0 Å². The number of halogens is 1. The number of hydrazone groups is 1. The van der Waals surface area contributed by atoms with Crippen molar-refractivity contribution in [3.63, 3.8) is 0 Å². The van der Waals surface area contributed by atoms with Crippen molar-refractivity contribution in [1.82, 2.24) is 5.01 Å². The van der Waals surface area contributed by atoms with E-state index in [0.717, 1.165) is 11.3 Å². The zero-order valence-corrected chi connectivity index (χ0v) is 15.7. The van der Waals surface area contributed by atoms with Gasteiger partial charge in [0.05, 0.1) is 18.9 Å². The summed E-state index contributed by atoms with van der Waals surface area (Å²) in [6, 6.07) is 19.1. The fourth-order valence-electron chi connectivity index (χ4n) is 4.01. The maximum Gasteiger partial charge on any atom is 0.214 e. The monoisotopic (exact) mass is 390 g/mol. The molecule has 3 aromatic rings. The van der Waals surface area contributed by atoms with Crippen LogP contribution in [0.25, 0.3) is 0 Å². The van der Waals surface area contributed by atoms with Crippen molar-refractivity contribution in [3.8, 4) is 17.2 Å². The number of para-hydroxylation sites is 2. The van der Waals surface area contributed by atoms with Crippen LogP contribution >= 0.6 is 0 Å². The van der Waals surface area contributed by atoms with E-state index >= 15 is 0 Å². The van der Waals surface area contributed by atoms with E-state index < -0.39 is 6.23 Å². The predicted molar refractivity (Wildman–Crippen MR) is 107 cm³/mol. The van der Waals surface area contributed by atoms with Crippen LogP contribution in [0.1, 0.15) is 35.4 Å². The molecule has 0 saturated carbocycles. The number of benzene rings is 3. The Bertz CT molecular complexity index is 1110. The van der Waals surface area contributed by atoms with Crippen molar-refractivity contribution in [1.29, 1.82) is 0 Å². The van der Waals surface area contributed by atoms with Crippen molar-refractivity contribution >= 4 is 5.71 Å². The number of ether oxygens (including phenoxy) is 2. The Morgan fingerprint density at radius 1 is 1.10 bits per heavy atom. The average molecular weight is 390 g/mol. The van der Waals surface area contributed by atoms with Gasteiger partial charge >= 0.3 is 0 Å². The van der Waals surface area contributed by atoms with Crippen LogP contribution in [0.2, 0.25) is 0 Å². The normalized spacial score (nSPS) is 19.8. The van der Waals surface area contributed by atoms with Gasteiger partial charge in [0, 0.05) is 23.1 Å². The van der Waals surface area contributed by atoms with Gasteiger partial charge in [0.1, 0.15) is 11.6 Å². The summed E-state index contributed by atoms with van der Waals surface area (Å²) in [6.07, 6.45) is -0.0183. The Kier molecular flexibility index (Phi) is 4.12. The Morgan fingerprint density at radius 2 is 1.93 bits per heavy atom. The summed E-state index contributed by atoms with van der Waals surface area (Å²) in [4.78, 5) is 0. The fraction of sp³-hybridized carbons (Fsp3) is 0.174. The highest BCUT2D eigenvalue weighted by molar-refractivity contribution is 6.04. The van der Waals surface area contributed by atoms with Gasteiger partial charge in [-0.15, -0.1) is 0 Å². The van der Waals surface area contributed by atoms with Gasteiger partial charge in [-0.25, -0.2) is 9.40 Å². The first-order valence-electron chi connectivity index (χ1n) is 9.39. The van der Waals surface area contributed by atoms with E-state index in [4.69, 9.17) is 14.6 Å². The molecule has 2 heterocycles. The number of phenols is 1. The van der Waals surface area contributed by atoms with Crippen LogP contribution < -0.4 is 9.47 Å². The molecule has 2 atom stereocenters. The molecule has 6 heteroatoms. The Hall–Kier alpha value is -3.54. The minimum absolute atomic E-state index is 0.114. The third-order valence-corrected chi connectivity index (χ3v) is 5.35. The smallest absolute Gasteiger partial charge is 0.214 e. The van der Waals surface area contributed by atoms with Crippen LogP contribution in [-0.2, 0) is 0 Å². The van der Waals surface area contributed by atoms with Crippen LogP contribution in [0.15, 0.2) is 71.8 Å². The molecule has 146 valence electrons. The summed E-state index contributed by atoms with van der Waals surface area (Å²) in [5, 5.41) is 16.9. The van der Waals surface area contributed by atoms with Crippen LogP contribution in [0.5, 0.6) is 17.2 Å². The molecule has 29 heavy (non-hydrogen) atoms. The van der Waals surface area contributed by atoms with Crippen LogP contribution in [0.4, 0.5) is 4.39 Å². The standard InChI is InChI=1S/C23H19FN2O3/c1-28-21-11-5-9-17-19-13-18(16-8-2-3-10-20(16)27)25-26(19)23(29-22(17)21)14-6-4-7-15(24)12-14/h2-12,19,23,27H,13H2,1H3/t19-,23+/m0/s1. The lowest BCUT2D eigenvalue weighted by atomic mass is 9.95. The summed E-state index contributed by atoms with van der Waals surface area (Å²) in [5.74, 6) is 1.11. The van der Waals surface area contributed by atoms with E-state index in [1.54, 1.807) is 25.3 Å². The highest BCUT2D eigenvalue weighted by Crippen LogP contribution is 2.50. The molecule has 1 N–H and O–H groups in total. The van der Waals surface area contributed by atoms with Crippen molar-refractivity contribution in [2.24, 2.45) is 5.10 Å². The Morgan fingerprint density at radius 3 is 2.72 bits per heavy atom. The molecular formula is C23H19FN2O3. The summed E-state index contributed by atoms with van der Waals surface area (Å²) >= 11 is 0. The number of fused-ring (bicyclic) bond motifs is 3. The lowest BCUT2D eigenvalue weighted by molar-refractivity contribution is -0.0210. The third-order valence-electron chi connectivity index (χ3n) is 5.35. The Balaban J connectivity index is 1.65. The zero-order chi connectivity index (χ0) is 20.0. The first kappa shape index (κ1) is 17.6. The quantitative estimate of drug-likeness (QED) is 0.699. The first-order chi connectivity index (χ1) is 14.2. The van der Waals surface area contributed by atoms with E-state index in [9.17, 15) is 9.50 Å². The molecule has 3 aromatic carbocycles. The van der Waals surface area contributed by atoms with Gasteiger partial charge in [0.2, 0.25) is 6.23 Å². The zero-order valence-electron chi connectivity index (χ0n) is 15.7. The van der Waals surface area contributed by atoms with Crippen LogP contribution in [-0.4, -0.2) is 22.9 Å². The number of methoxy groups -OCH3 is 1. The molecule has 0 spiro atoms. The van der Waals surface area contributed by atoms with Gasteiger partial charge in [0.15, 0.2) is 11.5 Å². The maximum absolute atomic E-state index is 13.9. The topological polar surface area (TPSA) is 54.3 Å². The number of hydrogen-bond donors (Lipinski definition) is 1. The average Bonchev–Trinajstić information content (AvgIpc) is 3.18. The molecule has 0 aliphatic carbocycles. The molecule has 2 aliphatic rings. The SMILES string of the molecule is COc1cccc2c1O[C@H](c1cccc(F)c1)N1N=C(c3ccccc3O)C[C@@H]21. The van der Waals surface area contributed by atoms with E-state index in [2.05, 4.69) is 0 Å². The van der Waals surface area contributed by atoms with Crippen molar-refractivity contribution in [3.05, 3.63) is 89.2 Å². The largest absolute Gasteiger partial charge is 0.507 e. The molecule has 0 aromatic heterocycles. The van der Waals surface area contributed by atoms with Crippen molar-refractivity contribution in [2.75, 3.05) is 7.11 Å². The lowest BCUT2D eigenvalue weighted by Crippen LogP contribution is -2.34. The molecule has 0 unspecified atom stereocenters. The molecule has 5 nitrogen and oxygen atoms in total. The number of nitrogens with zero attached hydrogens (tertiary/aromatic N) is 2. The molecule has 0 amide bonds. The molecule has 0 fully saturated rings. The highest BCUT2D eigenvalue weighted by Gasteiger charge is 2.42. The van der Waals surface area contributed by atoms with Crippen molar-refractivity contribution < 1.29 is 19.0 Å². The van der Waals surface area contributed by atoms with Gasteiger partial charge < -0.3 is 14.6 Å². The van der Waals surface area contributed by atoms with E-state index in [-0.39, 0.29) is 17.6 Å². The summed E-state index contributed by atoms with van der Waals surface area (Å²) in [6.45, 7) is 0. The molecule has 0 radical (unpaired) electrons. The molecular weight excluding hydrogens is 371 g/mol. The minimum atomic E-state index is -0.608. The molecule has 2 aliphatic heterocycles. The van der Waals surface area contributed by atoms with Crippen molar-refractivity contribution in [2.45, 2.75) is 18.7 Å². The maximum atomic E-state index is 13.9. The van der Waals surface area contributed by atoms with E-state index in [1.807, 2.05) is 41.4 Å². The minimum Gasteiger partial charge on any atom is -0.507 e. The third kappa shape index (κ3) is 2.88. The van der Waals surface area contributed by atoms with Crippen LogP contribution in [0.3, 0.4) is 0 Å². The van der Waals surface area contributed by atoms with E-state index in [0.29, 0.717) is 29.0 Å². The second-order valence-electron chi connectivity index (χ2n) is 7.07. The van der Waals surface area contributed by atoms with Crippen LogP contribution in [0, 0.1) is 5.82 Å². The second-order valence-corrected chi connectivity index (χ2v) is 7.07. The number of rotatable bonds is 3. The highest BCUT2D eigenvalue weighted by atomic mass is 19.1.